The fourth-order valence-electron chi connectivity index (χ4n) is 3.88. The number of benzene rings is 1. The van der Waals surface area contributed by atoms with Crippen LogP contribution in [0, 0.1) is 6.92 Å². The highest BCUT2D eigenvalue weighted by Crippen LogP contribution is 2.29. The van der Waals surface area contributed by atoms with E-state index in [4.69, 9.17) is 4.98 Å². The molecule has 1 aliphatic heterocycles. The van der Waals surface area contributed by atoms with Crippen LogP contribution in [0.4, 0.5) is 4.79 Å². The number of aromatic nitrogens is 3. The van der Waals surface area contributed by atoms with Crippen molar-refractivity contribution in [2.45, 2.75) is 45.7 Å². The maximum Gasteiger partial charge on any atom is 0.317 e. The Labute approximate surface area is 165 Å². The minimum absolute atomic E-state index is 0.000599. The van der Waals surface area contributed by atoms with Crippen LogP contribution in [0.25, 0.3) is 11.2 Å². The molecule has 1 unspecified atom stereocenters. The van der Waals surface area contributed by atoms with Gasteiger partial charge in [0.25, 0.3) is 0 Å². The Morgan fingerprint density at radius 3 is 2.86 bits per heavy atom. The van der Waals surface area contributed by atoms with Crippen molar-refractivity contribution in [3.8, 4) is 0 Å². The van der Waals surface area contributed by atoms with Crippen LogP contribution in [0.3, 0.4) is 0 Å². The zero-order valence-corrected chi connectivity index (χ0v) is 16.6. The Morgan fingerprint density at radius 2 is 2.07 bits per heavy atom. The van der Waals surface area contributed by atoms with Crippen LogP contribution < -0.4 is 5.32 Å². The van der Waals surface area contributed by atoms with Crippen molar-refractivity contribution in [2.24, 2.45) is 0 Å². The number of urea groups is 1. The molecule has 0 aliphatic carbocycles. The van der Waals surface area contributed by atoms with E-state index in [-0.39, 0.29) is 11.9 Å². The molecule has 146 valence electrons. The molecule has 6 heteroatoms. The van der Waals surface area contributed by atoms with Crippen molar-refractivity contribution in [2.75, 3.05) is 13.1 Å². The van der Waals surface area contributed by atoms with Gasteiger partial charge in [0.2, 0.25) is 0 Å². The van der Waals surface area contributed by atoms with E-state index < -0.39 is 0 Å². The van der Waals surface area contributed by atoms with Gasteiger partial charge in [-0.3, -0.25) is 0 Å². The zero-order chi connectivity index (χ0) is 19.5. The zero-order valence-electron chi connectivity index (χ0n) is 16.6. The molecule has 4 rings (SSSR count). The number of nitrogens with one attached hydrogen (secondary N) is 1. The summed E-state index contributed by atoms with van der Waals surface area (Å²) in [5, 5.41) is 3.05. The van der Waals surface area contributed by atoms with Gasteiger partial charge < -0.3 is 14.8 Å². The first-order chi connectivity index (χ1) is 13.7. The molecule has 3 aromatic rings. The average Bonchev–Trinajstić information content (AvgIpc) is 3.33. The molecule has 1 atom stereocenters. The molecular weight excluding hydrogens is 350 g/mol. The number of fused-ring (bicyclic) bond motifs is 1. The number of carbonyl (C=O) groups excluding carboxylic acids is 1. The highest BCUT2D eigenvalue weighted by atomic mass is 16.2. The highest BCUT2D eigenvalue weighted by Gasteiger charge is 2.31. The van der Waals surface area contributed by atoms with E-state index in [1.54, 1.807) is 0 Å². The monoisotopic (exact) mass is 377 g/mol. The third kappa shape index (κ3) is 3.72. The third-order valence-corrected chi connectivity index (χ3v) is 5.39. The predicted molar refractivity (Wildman–Crippen MR) is 110 cm³/mol. The Bertz CT molecular complexity index is 963. The van der Waals surface area contributed by atoms with E-state index in [1.807, 2.05) is 23.2 Å². The number of rotatable bonds is 5. The lowest BCUT2D eigenvalue weighted by Crippen LogP contribution is -2.38. The number of likely N-dealkylation sites (tertiary alicyclic amines) is 1. The molecule has 1 N–H and O–H groups in total. The number of aryl methyl sites for hydroxylation is 2. The number of hydrogen-bond acceptors (Lipinski definition) is 3. The van der Waals surface area contributed by atoms with E-state index in [1.165, 1.54) is 5.56 Å². The summed E-state index contributed by atoms with van der Waals surface area (Å²) in [6.45, 7) is 7.14. The van der Waals surface area contributed by atoms with Crippen molar-refractivity contribution in [3.05, 3.63) is 59.5 Å². The predicted octanol–water partition coefficient (Wildman–Crippen LogP) is 3.85. The number of nitrogens with zero attached hydrogens (tertiary/aromatic N) is 4. The summed E-state index contributed by atoms with van der Waals surface area (Å²) in [7, 11) is 0. The lowest BCUT2D eigenvalue weighted by Gasteiger charge is -2.18. The molecule has 0 saturated carbocycles. The van der Waals surface area contributed by atoms with Gasteiger partial charge in [-0.1, -0.05) is 36.8 Å². The molecule has 1 saturated heterocycles. The SMILES string of the molecule is CCCn1c(C2CCN(C(=O)NCc3ccc(C)cc3)C2)nc2cccnc21. The lowest BCUT2D eigenvalue weighted by atomic mass is 10.1. The summed E-state index contributed by atoms with van der Waals surface area (Å²) in [6, 6.07) is 12.2. The van der Waals surface area contributed by atoms with Gasteiger partial charge in [0.05, 0.1) is 0 Å². The lowest BCUT2D eigenvalue weighted by molar-refractivity contribution is 0.207. The molecule has 3 heterocycles. The quantitative estimate of drug-likeness (QED) is 0.735. The standard InChI is InChI=1S/C22H27N5O/c1-3-12-27-20(25-19-5-4-11-23-21(19)27)18-10-13-26(15-18)22(28)24-14-17-8-6-16(2)7-9-17/h4-9,11,18H,3,10,12-15H2,1-2H3,(H,24,28). The normalized spacial score (nSPS) is 16.6. The molecule has 2 amide bonds. The van der Waals surface area contributed by atoms with Crippen LogP contribution in [0.2, 0.25) is 0 Å². The average molecular weight is 377 g/mol. The van der Waals surface area contributed by atoms with E-state index >= 15 is 0 Å². The van der Waals surface area contributed by atoms with E-state index in [0.29, 0.717) is 13.1 Å². The van der Waals surface area contributed by atoms with Crippen molar-refractivity contribution in [1.29, 1.82) is 0 Å². The van der Waals surface area contributed by atoms with Crippen LogP contribution in [-0.4, -0.2) is 38.6 Å². The smallest absolute Gasteiger partial charge is 0.317 e. The Hall–Kier alpha value is -2.89. The molecule has 6 nitrogen and oxygen atoms in total. The molecule has 1 aliphatic rings. The van der Waals surface area contributed by atoms with Crippen LogP contribution in [0.15, 0.2) is 42.6 Å². The van der Waals surface area contributed by atoms with Gasteiger partial charge in [-0.15, -0.1) is 0 Å². The van der Waals surface area contributed by atoms with Crippen LogP contribution in [0.5, 0.6) is 0 Å². The summed E-state index contributed by atoms with van der Waals surface area (Å²) in [6.07, 6.45) is 3.78. The first-order valence-corrected chi connectivity index (χ1v) is 10.0. The topological polar surface area (TPSA) is 63.1 Å². The van der Waals surface area contributed by atoms with Crippen LogP contribution in [0.1, 0.15) is 42.6 Å². The second kappa shape index (κ2) is 8.00. The molecule has 0 spiro atoms. The largest absolute Gasteiger partial charge is 0.334 e. The van der Waals surface area contributed by atoms with Gasteiger partial charge in [0.15, 0.2) is 5.65 Å². The first kappa shape index (κ1) is 18.5. The number of imidazole rings is 1. The van der Waals surface area contributed by atoms with Crippen LogP contribution in [-0.2, 0) is 13.1 Å². The van der Waals surface area contributed by atoms with Gasteiger partial charge >= 0.3 is 6.03 Å². The van der Waals surface area contributed by atoms with Crippen molar-refractivity contribution < 1.29 is 4.79 Å². The van der Waals surface area contributed by atoms with Crippen molar-refractivity contribution >= 4 is 17.2 Å². The van der Waals surface area contributed by atoms with Crippen LogP contribution >= 0.6 is 0 Å². The second-order valence-electron chi connectivity index (χ2n) is 7.54. The van der Waals surface area contributed by atoms with Gasteiger partial charge in [-0.25, -0.2) is 14.8 Å². The Morgan fingerprint density at radius 1 is 1.25 bits per heavy atom. The summed E-state index contributed by atoms with van der Waals surface area (Å²) in [5.74, 6) is 1.32. The first-order valence-electron chi connectivity index (χ1n) is 10.0. The Kier molecular flexibility index (Phi) is 5.28. The summed E-state index contributed by atoms with van der Waals surface area (Å²) < 4.78 is 2.23. The maximum absolute atomic E-state index is 12.6. The summed E-state index contributed by atoms with van der Waals surface area (Å²) >= 11 is 0. The van der Waals surface area contributed by atoms with E-state index in [0.717, 1.165) is 48.5 Å². The molecule has 1 fully saturated rings. The highest BCUT2D eigenvalue weighted by molar-refractivity contribution is 5.75. The molecule has 2 aromatic heterocycles. The molecule has 0 bridgehead atoms. The Balaban J connectivity index is 1.43. The van der Waals surface area contributed by atoms with Gasteiger partial charge in [-0.2, -0.15) is 0 Å². The van der Waals surface area contributed by atoms with Gasteiger partial charge in [-0.05, 0) is 37.5 Å². The number of pyridine rings is 1. The molecule has 1 aromatic carbocycles. The van der Waals surface area contributed by atoms with E-state index in [9.17, 15) is 4.79 Å². The molecule has 0 radical (unpaired) electrons. The maximum atomic E-state index is 12.6. The summed E-state index contributed by atoms with van der Waals surface area (Å²) in [5.41, 5.74) is 4.22. The van der Waals surface area contributed by atoms with Gasteiger partial charge in [0, 0.05) is 38.3 Å². The number of carbonyl (C=O) groups is 1. The summed E-state index contributed by atoms with van der Waals surface area (Å²) in [4.78, 5) is 23.9. The fourth-order valence-corrected chi connectivity index (χ4v) is 3.88. The minimum atomic E-state index is -0.000599. The minimum Gasteiger partial charge on any atom is -0.334 e. The number of amides is 2. The fraction of sp³-hybridized carbons (Fsp3) is 0.409. The number of hydrogen-bond donors (Lipinski definition) is 1. The van der Waals surface area contributed by atoms with Crippen molar-refractivity contribution in [3.63, 3.8) is 0 Å². The molecule has 28 heavy (non-hydrogen) atoms. The van der Waals surface area contributed by atoms with E-state index in [2.05, 4.69) is 53.0 Å². The van der Waals surface area contributed by atoms with Gasteiger partial charge in [0.1, 0.15) is 11.3 Å². The second-order valence-corrected chi connectivity index (χ2v) is 7.54. The van der Waals surface area contributed by atoms with Crippen molar-refractivity contribution in [1.82, 2.24) is 24.8 Å². The molecular formula is C22H27N5O. The third-order valence-electron chi connectivity index (χ3n) is 5.39.